The van der Waals surface area contributed by atoms with E-state index in [1.165, 1.54) is 61.0 Å². The van der Waals surface area contributed by atoms with E-state index >= 15 is 0 Å². The molecule has 0 aromatic carbocycles. The molecule has 2 aliphatic heterocycles. The first-order valence-corrected chi connectivity index (χ1v) is 16.3. The second-order valence-corrected chi connectivity index (χ2v) is 11.0. The number of hydrogen-bond acceptors (Lipinski definition) is 3. The fourth-order valence-corrected chi connectivity index (χ4v) is 7.09. The van der Waals surface area contributed by atoms with Gasteiger partial charge >= 0.3 is 0 Å². The molecule has 0 atom stereocenters. The van der Waals surface area contributed by atoms with E-state index < -0.39 is 0 Å². The topological polar surface area (TPSA) is 63.6 Å². The monoisotopic (exact) mass is 680 g/mol. The van der Waals surface area contributed by atoms with E-state index in [-0.39, 0.29) is 19.5 Å². The van der Waals surface area contributed by atoms with Gasteiger partial charge in [-0.2, -0.15) is 0 Å². The Bertz CT molecular complexity index is 1740. The molecule has 2 aliphatic rings. The van der Waals surface area contributed by atoms with Gasteiger partial charge in [-0.1, -0.05) is 48.5 Å². The third-order valence-corrected chi connectivity index (χ3v) is 8.86. The van der Waals surface area contributed by atoms with Crippen LogP contribution in [0.4, 0.5) is 0 Å². The quantitative estimate of drug-likeness (QED) is 0.115. The van der Waals surface area contributed by atoms with Gasteiger partial charge in [-0.25, -0.2) is 9.97 Å². The van der Waals surface area contributed by atoms with Crippen LogP contribution in [0.3, 0.4) is 0 Å². The van der Waals surface area contributed by atoms with E-state index in [2.05, 4.69) is 102 Å². The molecule has 0 spiro atoms. The van der Waals surface area contributed by atoms with Crippen molar-refractivity contribution >= 4 is 52.2 Å². The molecule has 44 heavy (non-hydrogen) atoms. The summed E-state index contributed by atoms with van der Waals surface area (Å²) in [6.07, 6.45) is 14.0. The second kappa shape index (κ2) is 15.7. The fraction of sp³-hybridized carbons (Fsp3) is 0.421. The zero-order valence-electron chi connectivity index (χ0n) is 27.9. The average Bonchev–Trinajstić information content (AvgIpc) is 3.78. The number of aromatic amines is 1. The smallest absolute Gasteiger partial charge is 0.0722 e. The van der Waals surface area contributed by atoms with Gasteiger partial charge in [-0.15, -0.1) is 0 Å². The molecule has 3 aromatic rings. The van der Waals surface area contributed by atoms with Crippen molar-refractivity contribution in [3.8, 4) is 0 Å². The van der Waals surface area contributed by atoms with Crippen LogP contribution in [0.25, 0.3) is 45.9 Å². The maximum Gasteiger partial charge on any atom is 0.0722 e. The second-order valence-electron chi connectivity index (χ2n) is 11.0. The van der Waals surface area contributed by atoms with Gasteiger partial charge in [0.1, 0.15) is 0 Å². The number of fused-ring (bicyclic) bond motifs is 8. The van der Waals surface area contributed by atoms with Crippen LogP contribution >= 0.6 is 0 Å². The van der Waals surface area contributed by atoms with Gasteiger partial charge in [0, 0.05) is 53.7 Å². The Morgan fingerprint density at radius 2 is 1.20 bits per heavy atom. The minimum atomic E-state index is 0. The molecule has 5 nitrogen and oxygen atoms in total. The van der Waals surface area contributed by atoms with Crippen LogP contribution in [0.15, 0.2) is 12.1 Å². The molecule has 0 amide bonds. The Balaban J connectivity index is 0.00000127. The van der Waals surface area contributed by atoms with Crippen molar-refractivity contribution in [2.24, 2.45) is 0 Å². The van der Waals surface area contributed by atoms with E-state index in [0.717, 1.165) is 74.3 Å². The largest absolute Gasteiger partial charge is 0.354 e. The number of aryl methyl sites for hydroxylation is 7. The van der Waals surface area contributed by atoms with Crippen LogP contribution in [-0.4, -0.2) is 25.8 Å². The summed E-state index contributed by atoms with van der Waals surface area (Å²) in [5.74, 6) is 0. The first-order chi connectivity index (χ1) is 20.9. The first-order valence-electron chi connectivity index (χ1n) is 16.3. The Morgan fingerprint density at radius 1 is 0.682 bits per heavy atom. The predicted octanol–water partition coefficient (Wildman–Crippen LogP) is 9.32. The molecular weight excluding hydrogens is 631 g/mol. The fourth-order valence-electron chi connectivity index (χ4n) is 7.09. The number of H-pyrrole nitrogens is 1. The summed E-state index contributed by atoms with van der Waals surface area (Å²) in [5.41, 5.74) is 19.4. The SMILES string of the molecule is CCC1=Cc2cc3nc(cc4c(CC)c(CC)c(c(CC)c5[nH]c(c(CC)c1n2)c(CC)c5CC)n4CC)C=C3.[CH2-]C=O.[Rh]. The van der Waals surface area contributed by atoms with Crippen molar-refractivity contribution in [3.05, 3.63) is 75.2 Å². The summed E-state index contributed by atoms with van der Waals surface area (Å²) in [4.78, 5) is 23.0. The van der Waals surface area contributed by atoms with Crippen molar-refractivity contribution in [1.82, 2.24) is 19.5 Å². The molecule has 1 N–H and O–H groups in total. The van der Waals surface area contributed by atoms with Crippen molar-refractivity contribution in [2.45, 2.75) is 107 Å². The van der Waals surface area contributed by atoms with Crippen molar-refractivity contribution in [1.29, 1.82) is 0 Å². The number of rotatable bonds is 8. The average molecular weight is 681 g/mol. The van der Waals surface area contributed by atoms with Crippen LogP contribution in [0.1, 0.15) is 118 Å². The van der Waals surface area contributed by atoms with Crippen molar-refractivity contribution < 1.29 is 24.3 Å². The van der Waals surface area contributed by atoms with E-state index in [0.29, 0.717) is 6.29 Å². The standard InChI is InChI=1S/C36H46N4.C2H3O.Rh/c1-9-22-19-25-20-23-17-18-24(37-23)21-32-26(10-2)29(13-5)36(40(32)16-8)31(15-7)35-28(12-4)27(11-3)34(39-35)30(14-6)33(22)38-25;1-2-3;/h17-21,39H,9-16H2,1-8H3;2H,1H2;/q;-1;. The predicted molar refractivity (Wildman–Crippen MR) is 185 cm³/mol. The minimum Gasteiger partial charge on any atom is -0.354 e. The van der Waals surface area contributed by atoms with Gasteiger partial charge in [-0.05, 0) is 122 Å². The molecule has 237 valence electrons. The first kappa shape index (κ1) is 35.2. The molecule has 0 saturated heterocycles. The minimum absolute atomic E-state index is 0. The van der Waals surface area contributed by atoms with Crippen LogP contribution in [-0.2, 0) is 69.3 Å². The molecular formula is C38H49N4ORh-. The summed E-state index contributed by atoms with van der Waals surface area (Å²) in [6, 6.07) is 4.45. The zero-order chi connectivity index (χ0) is 31.3. The van der Waals surface area contributed by atoms with E-state index in [9.17, 15) is 0 Å². The van der Waals surface area contributed by atoms with Gasteiger partial charge in [0.05, 0.1) is 22.8 Å². The summed E-state index contributed by atoms with van der Waals surface area (Å²) in [6.45, 7) is 22.1. The number of nitrogens with one attached hydrogen (secondary N) is 1. The maximum atomic E-state index is 8.69. The molecule has 3 aromatic heterocycles. The molecule has 5 rings (SSSR count). The molecule has 5 heterocycles. The van der Waals surface area contributed by atoms with Crippen molar-refractivity contribution in [3.63, 3.8) is 0 Å². The van der Waals surface area contributed by atoms with E-state index in [4.69, 9.17) is 14.8 Å². The number of carbonyl (C=O) groups excluding carboxylic acids is 1. The summed E-state index contributed by atoms with van der Waals surface area (Å²) in [7, 11) is 0. The number of aldehydes is 1. The number of nitrogens with zero attached hydrogens (tertiary/aromatic N) is 3. The normalized spacial score (nSPS) is 12.0. The summed E-state index contributed by atoms with van der Waals surface area (Å²) in [5, 5.41) is 0. The molecule has 1 radical (unpaired) electrons. The molecule has 0 aliphatic carbocycles. The van der Waals surface area contributed by atoms with Crippen LogP contribution in [0, 0.1) is 6.92 Å². The summed E-state index contributed by atoms with van der Waals surface area (Å²) >= 11 is 0. The number of allylic oxidation sites excluding steroid dienone is 1. The molecule has 0 fully saturated rings. The molecule has 0 saturated carbocycles. The number of carbonyl (C=O) groups is 1. The Kier molecular flexibility index (Phi) is 12.5. The summed E-state index contributed by atoms with van der Waals surface area (Å²) < 4.78 is 2.57. The molecule has 6 heteroatoms. The Hall–Kier alpha value is -3.24. The van der Waals surface area contributed by atoms with Gasteiger partial charge in [-0.3, -0.25) is 0 Å². The van der Waals surface area contributed by atoms with Gasteiger partial charge in [0.15, 0.2) is 0 Å². The van der Waals surface area contributed by atoms with Crippen LogP contribution < -0.4 is 0 Å². The maximum absolute atomic E-state index is 8.69. The molecule has 8 bridgehead atoms. The third kappa shape index (κ3) is 6.29. The number of aromatic nitrogens is 4. The van der Waals surface area contributed by atoms with Gasteiger partial charge in [0.25, 0.3) is 0 Å². The zero-order valence-corrected chi connectivity index (χ0v) is 29.5. The van der Waals surface area contributed by atoms with Gasteiger partial charge in [0.2, 0.25) is 0 Å². The Labute approximate surface area is 277 Å². The molecule has 0 unspecified atom stereocenters. The van der Waals surface area contributed by atoms with Crippen molar-refractivity contribution in [2.75, 3.05) is 0 Å². The van der Waals surface area contributed by atoms with Gasteiger partial charge < -0.3 is 21.3 Å². The van der Waals surface area contributed by atoms with Crippen LogP contribution in [0.2, 0.25) is 0 Å². The Morgan fingerprint density at radius 3 is 1.70 bits per heavy atom. The third-order valence-electron chi connectivity index (χ3n) is 8.86. The van der Waals surface area contributed by atoms with Crippen LogP contribution in [0.5, 0.6) is 0 Å². The van der Waals surface area contributed by atoms with E-state index in [1.54, 1.807) is 0 Å². The van der Waals surface area contributed by atoms with E-state index in [1.807, 2.05) is 0 Å². The number of hydrogen-bond donors (Lipinski definition) is 1.